The van der Waals surface area contributed by atoms with E-state index in [0.29, 0.717) is 5.75 Å². The summed E-state index contributed by atoms with van der Waals surface area (Å²) in [7, 11) is 0. The van der Waals surface area contributed by atoms with Gasteiger partial charge in [0.25, 0.3) is 0 Å². The Balaban J connectivity index is 0.952. The van der Waals surface area contributed by atoms with Gasteiger partial charge >= 0.3 is 5.97 Å². The number of ether oxygens (including phenoxy) is 2. The van der Waals surface area contributed by atoms with Gasteiger partial charge in [0.2, 0.25) is 0 Å². The molecular weight excluding hydrogens is 641 g/mol. The summed E-state index contributed by atoms with van der Waals surface area (Å²) in [6, 6.07) is 37.4. The lowest BCUT2D eigenvalue weighted by Crippen LogP contribution is -2.03. The Morgan fingerprint density at radius 1 is 0.558 bits per heavy atom. The summed E-state index contributed by atoms with van der Waals surface area (Å²) in [6.45, 7) is 3.02. The van der Waals surface area contributed by atoms with E-state index < -0.39 is 5.97 Å². The van der Waals surface area contributed by atoms with Gasteiger partial charge in [-0.1, -0.05) is 163 Å². The van der Waals surface area contributed by atoms with E-state index in [1.54, 1.807) is 18.2 Å². The molecule has 5 nitrogen and oxygen atoms in total. The molecule has 0 saturated heterocycles. The van der Waals surface area contributed by atoms with Crippen LogP contribution < -0.4 is 9.47 Å². The fourth-order valence-electron chi connectivity index (χ4n) is 6.32. The Labute approximate surface area is 310 Å². The van der Waals surface area contributed by atoms with Crippen LogP contribution in [0.2, 0.25) is 0 Å². The molecule has 0 spiro atoms. The number of unbranched alkanes of at least 4 members (excludes halogenated alkanes) is 13. The van der Waals surface area contributed by atoms with E-state index in [2.05, 4.69) is 35.4 Å². The highest BCUT2D eigenvalue weighted by molar-refractivity contribution is 5.92. The fraction of sp³-hybridized carbons (Fsp3) is 0.340. The van der Waals surface area contributed by atoms with Crippen molar-refractivity contribution in [1.29, 1.82) is 0 Å². The fourth-order valence-corrected chi connectivity index (χ4v) is 6.32. The third-order valence-electron chi connectivity index (χ3n) is 9.37. The zero-order chi connectivity index (χ0) is 36.1. The number of azo groups is 1. The maximum absolute atomic E-state index is 12.5. The molecule has 0 radical (unpaired) electrons. The van der Waals surface area contributed by atoms with Crippen LogP contribution in [0.1, 0.15) is 102 Å². The lowest BCUT2D eigenvalue weighted by molar-refractivity contribution is -0.128. The first kappa shape index (κ1) is 38.2. The number of hydrogen-bond acceptors (Lipinski definition) is 5. The predicted molar refractivity (Wildman–Crippen MR) is 217 cm³/mol. The van der Waals surface area contributed by atoms with Crippen molar-refractivity contribution in [3.8, 4) is 22.6 Å². The van der Waals surface area contributed by atoms with E-state index in [9.17, 15) is 4.79 Å². The second-order valence-electron chi connectivity index (χ2n) is 13.5. The van der Waals surface area contributed by atoms with Crippen molar-refractivity contribution in [2.24, 2.45) is 10.2 Å². The quantitative estimate of drug-likeness (QED) is 0.0238. The highest BCUT2D eigenvalue weighted by Crippen LogP contribution is 2.29. The minimum atomic E-state index is -0.424. The molecule has 0 unspecified atom stereocenters. The number of hydrogen-bond donors (Lipinski definition) is 0. The van der Waals surface area contributed by atoms with Crippen molar-refractivity contribution in [3.05, 3.63) is 127 Å². The number of fused-ring (bicyclic) bond motifs is 1. The van der Waals surface area contributed by atoms with Crippen LogP contribution in [-0.4, -0.2) is 12.6 Å². The van der Waals surface area contributed by atoms with E-state index in [1.807, 2.05) is 84.9 Å². The Morgan fingerprint density at radius 3 is 1.77 bits per heavy atom. The van der Waals surface area contributed by atoms with Crippen LogP contribution in [-0.2, 0) is 4.79 Å². The van der Waals surface area contributed by atoms with Crippen molar-refractivity contribution < 1.29 is 14.3 Å². The highest BCUT2D eigenvalue weighted by Gasteiger charge is 2.04. The average Bonchev–Trinajstić information content (AvgIpc) is 3.19. The van der Waals surface area contributed by atoms with Crippen LogP contribution in [0, 0.1) is 0 Å². The number of rotatable bonds is 22. The molecule has 0 aliphatic carbocycles. The standard InChI is InChI=1S/C47H54N2O3/c1-2-3-4-5-6-7-8-9-10-11-12-13-14-17-37-51-43-32-23-38(24-33-43)25-36-47(50)52-44-34-28-40(29-35-44)39-26-30-42(31-27-39)48-49-46-22-18-20-41-19-15-16-21-45(41)46/h15-16,18-36H,2-14,17,37H2,1H3/b36-25+,49-48?. The van der Waals surface area contributed by atoms with Gasteiger partial charge in [-0.05, 0) is 77.0 Å². The molecule has 5 aromatic rings. The second kappa shape index (κ2) is 22.0. The van der Waals surface area contributed by atoms with E-state index in [-0.39, 0.29) is 0 Å². The van der Waals surface area contributed by atoms with E-state index in [1.165, 1.54) is 89.5 Å². The Kier molecular flexibility index (Phi) is 16.2. The van der Waals surface area contributed by atoms with Crippen molar-refractivity contribution >= 4 is 34.2 Å². The molecule has 0 saturated carbocycles. The third-order valence-corrected chi connectivity index (χ3v) is 9.37. The maximum atomic E-state index is 12.5. The minimum Gasteiger partial charge on any atom is -0.494 e. The summed E-state index contributed by atoms with van der Waals surface area (Å²) in [4.78, 5) is 12.5. The van der Waals surface area contributed by atoms with E-state index >= 15 is 0 Å². The Bertz CT molecular complexity index is 1820. The van der Waals surface area contributed by atoms with Crippen LogP contribution >= 0.6 is 0 Å². The number of benzene rings is 5. The van der Waals surface area contributed by atoms with Gasteiger partial charge in [0.1, 0.15) is 11.5 Å². The van der Waals surface area contributed by atoms with Crippen LogP contribution in [0.3, 0.4) is 0 Å². The molecule has 0 heterocycles. The van der Waals surface area contributed by atoms with Crippen LogP contribution in [0.15, 0.2) is 132 Å². The highest BCUT2D eigenvalue weighted by atomic mass is 16.5. The van der Waals surface area contributed by atoms with Crippen molar-refractivity contribution in [2.75, 3.05) is 6.61 Å². The third kappa shape index (κ3) is 13.3. The SMILES string of the molecule is CCCCCCCCCCCCCCCCOc1ccc(/C=C/C(=O)Oc2ccc(-c3ccc(N=Nc4cccc5ccccc45)cc3)cc2)cc1. The normalized spacial score (nSPS) is 11.5. The molecule has 52 heavy (non-hydrogen) atoms. The molecule has 0 bridgehead atoms. The predicted octanol–water partition coefficient (Wildman–Crippen LogP) is 14.4. The summed E-state index contributed by atoms with van der Waals surface area (Å²) < 4.78 is 11.5. The molecule has 0 aromatic heterocycles. The number of carbonyl (C=O) groups is 1. The Hall–Kier alpha value is -5.03. The minimum absolute atomic E-state index is 0.424. The molecule has 0 amide bonds. The van der Waals surface area contributed by atoms with Gasteiger partial charge in [0, 0.05) is 11.5 Å². The first-order chi connectivity index (χ1) is 25.7. The first-order valence-corrected chi connectivity index (χ1v) is 19.4. The number of carbonyl (C=O) groups excluding carboxylic acids is 1. The molecule has 0 fully saturated rings. The summed E-state index contributed by atoms with van der Waals surface area (Å²) in [5.41, 5.74) is 4.58. The van der Waals surface area contributed by atoms with Gasteiger partial charge in [-0.25, -0.2) is 4.79 Å². The average molecular weight is 695 g/mol. The molecular formula is C47H54N2O3. The summed E-state index contributed by atoms with van der Waals surface area (Å²) >= 11 is 0. The van der Waals surface area contributed by atoms with Crippen LogP contribution in [0.25, 0.3) is 28.0 Å². The topological polar surface area (TPSA) is 60.2 Å². The molecule has 5 rings (SSSR count). The largest absolute Gasteiger partial charge is 0.494 e. The van der Waals surface area contributed by atoms with Crippen LogP contribution in [0.5, 0.6) is 11.5 Å². The van der Waals surface area contributed by atoms with Gasteiger partial charge in [0.05, 0.1) is 18.0 Å². The Morgan fingerprint density at radius 2 is 1.12 bits per heavy atom. The van der Waals surface area contributed by atoms with Crippen LogP contribution in [0.4, 0.5) is 11.4 Å². The molecule has 5 aromatic carbocycles. The van der Waals surface area contributed by atoms with Gasteiger partial charge in [-0.2, -0.15) is 5.11 Å². The monoisotopic (exact) mass is 694 g/mol. The smallest absolute Gasteiger partial charge is 0.336 e. The number of esters is 1. The summed E-state index contributed by atoms with van der Waals surface area (Å²) in [5.74, 6) is 0.924. The molecule has 0 N–H and O–H groups in total. The van der Waals surface area contributed by atoms with Crippen molar-refractivity contribution in [1.82, 2.24) is 0 Å². The zero-order valence-corrected chi connectivity index (χ0v) is 30.9. The lowest BCUT2D eigenvalue weighted by atomic mass is 10.0. The molecule has 270 valence electrons. The van der Waals surface area contributed by atoms with Crippen molar-refractivity contribution in [3.63, 3.8) is 0 Å². The van der Waals surface area contributed by atoms with Gasteiger partial charge < -0.3 is 9.47 Å². The van der Waals surface area contributed by atoms with Gasteiger partial charge in [-0.15, -0.1) is 5.11 Å². The second-order valence-corrected chi connectivity index (χ2v) is 13.5. The van der Waals surface area contributed by atoms with E-state index in [0.717, 1.165) is 57.6 Å². The summed E-state index contributed by atoms with van der Waals surface area (Å²) in [6.07, 6.45) is 22.1. The van der Waals surface area contributed by atoms with Gasteiger partial charge in [0.15, 0.2) is 0 Å². The maximum Gasteiger partial charge on any atom is 0.336 e. The van der Waals surface area contributed by atoms with E-state index in [4.69, 9.17) is 9.47 Å². The molecule has 0 aliphatic heterocycles. The zero-order valence-electron chi connectivity index (χ0n) is 30.9. The van der Waals surface area contributed by atoms with Crippen molar-refractivity contribution in [2.45, 2.75) is 96.8 Å². The summed E-state index contributed by atoms with van der Waals surface area (Å²) in [5, 5.41) is 11.1. The molecule has 0 atom stereocenters. The van der Waals surface area contributed by atoms with Gasteiger partial charge in [-0.3, -0.25) is 0 Å². The lowest BCUT2D eigenvalue weighted by Gasteiger charge is -2.07. The molecule has 0 aliphatic rings. The number of nitrogens with zero attached hydrogens (tertiary/aromatic N) is 2. The first-order valence-electron chi connectivity index (χ1n) is 19.4. The molecule has 5 heteroatoms.